The zero-order valence-electron chi connectivity index (χ0n) is 18.0. The molecule has 170 valence electrons. The first-order valence-electron chi connectivity index (χ1n) is 10.6. The van der Waals surface area contributed by atoms with Crippen LogP contribution in [0.15, 0.2) is 42.5 Å². The highest BCUT2D eigenvalue weighted by Crippen LogP contribution is 2.31. The van der Waals surface area contributed by atoms with E-state index in [9.17, 15) is 9.18 Å². The lowest BCUT2D eigenvalue weighted by atomic mass is 10.3. The Kier molecular flexibility index (Phi) is 7.51. The zero-order chi connectivity index (χ0) is 22.3. The van der Waals surface area contributed by atoms with Crippen LogP contribution in [0.4, 0.5) is 9.52 Å². The molecule has 3 aromatic rings. The van der Waals surface area contributed by atoms with E-state index in [1.807, 2.05) is 25.1 Å². The van der Waals surface area contributed by atoms with Crippen molar-refractivity contribution in [2.75, 3.05) is 57.5 Å². The summed E-state index contributed by atoms with van der Waals surface area (Å²) in [6.07, 6.45) is 0. The molecule has 1 saturated heterocycles. The average Bonchev–Trinajstić information content (AvgIpc) is 3.23. The number of fused-ring (bicyclic) bond motifs is 1. The predicted molar refractivity (Wildman–Crippen MR) is 122 cm³/mol. The lowest BCUT2D eigenvalue weighted by molar-refractivity contribution is -0.120. The molecule has 9 heteroatoms. The average molecular weight is 460 g/mol. The summed E-state index contributed by atoms with van der Waals surface area (Å²) in [5.41, 5.74) is 0.817. The number of ether oxygens (including phenoxy) is 3. The van der Waals surface area contributed by atoms with Crippen LogP contribution in [0.3, 0.4) is 0 Å². The molecule has 2 heterocycles. The Morgan fingerprint density at radius 2 is 1.91 bits per heavy atom. The van der Waals surface area contributed by atoms with E-state index < -0.39 is 0 Å². The van der Waals surface area contributed by atoms with Crippen LogP contribution in [-0.2, 0) is 9.53 Å². The topological polar surface area (TPSA) is 64.1 Å². The number of morpholine rings is 1. The molecule has 4 rings (SSSR count). The first-order valence-corrected chi connectivity index (χ1v) is 11.5. The summed E-state index contributed by atoms with van der Waals surface area (Å²) < 4.78 is 30.7. The van der Waals surface area contributed by atoms with Crippen LogP contribution in [-0.4, -0.2) is 68.4 Å². The van der Waals surface area contributed by atoms with Gasteiger partial charge in [-0.25, -0.2) is 9.37 Å². The second-order valence-electron chi connectivity index (χ2n) is 7.30. The van der Waals surface area contributed by atoms with E-state index in [0.717, 1.165) is 29.1 Å². The van der Waals surface area contributed by atoms with Gasteiger partial charge in [0, 0.05) is 26.2 Å². The van der Waals surface area contributed by atoms with Gasteiger partial charge in [-0.2, -0.15) is 0 Å². The Hall–Kier alpha value is -2.75. The highest BCUT2D eigenvalue weighted by molar-refractivity contribution is 7.22. The van der Waals surface area contributed by atoms with Gasteiger partial charge in [0.2, 0.25) is 0 Å². The Morgan fingerprint density at radius 3 is 2.66 bits per heavy atom. The summed E-state index contributed by atoms with van der Waals surface area (Å²) in [4.78, 5) is 21.8. The van der Waals surface area contributed by atoms with Gasteiger partial charge in [0.1, 0.15) is 17.3 Å². The van der Waals surface area contributed by atoms with Crippen molar-refractivity contribution in [3.05, 3.63) is 48.3 Å². The van der Waals surface area contributed by atoms with Gasteiger partial charge in [0.25, 0.3) is 5.91 Å². The van der Waals surface area contributed by atoms with Crippen molar-refractivity contribution < 1.29 is 23.4 Å². The van der Waals surface area contributed by atoms with Gasteiger partial charge < -0.3 is 14.2 Å². The molecule has 1 aliphatic heterocycles. The molecule has 0 atom stereocenters. The van der Waals surface area contributed by atoms with Crippen LogP contribution in [0.1, 0.15) is 6.92 Å². The van der Waals surface area contributed by atoms with Crippen molar-refractivity contribution in [2.24, 2.45) is 0 Å². The number of anilines is 1. The van der Waals surface area contributed by atoms with Crippen molar-refractivity contribution in [3.8, 4) is 11.5 Å². The SMILES string of the molecule is CCOc1ccc2nc(N(CCN3CCOCC3)C(=O)COc3ccc(F)cc3)sc2c1. The van der Waals surface area contributed by atoms with Crippen LogP contribution in [0.25, 0.3) is 10.2 Å². The van der Waals surface area contributed by atoms with Crippen LogP contribution < -0.4 is 14.4 Å². The maximum atomic E-state index is 13.1. The number of hydrogen-bond donors (Lipinski definition) is 0. The molecule has 7 nitrogen and oxygen atoms in total. The van der Waals surface area contributed by atoms with E-state index >= 15 is 0 Å². The summed E-state index contributed by atoms with van der Waals surface area (Å²) >= 11 is 1.45. The minimum absolute atomic E-state index is 0.158. The molecule has 0 radical (unpaired) electrons. The second-order valence-corrected chi connectivity index (χ2v) is 8.31. The number of benzene rings is 2. The number of carbonyl (C=O) groups is 1. The van der Waals surface area contributed by atoms with E-state index in [4.69, 9.17) is 14.2 Å². The van der Waals surface area contributed by atoms with Gasteiger partial charge in [-0.3, -0.25) is 14.6 Å². The highest BCUT2D eigenvalue weighted by Gasteiger charge is 2.22. The molecule has 0 aliphatic carbocycles. The number of nitrogens with zero attached hydrogens (tertiary/aromatic N) is 3. The molecule has 2 aromatic carbocycles. The van der Waals surface area contributed by atoms with E-state index in [-0.39, 0.29) is 18.3 Å². The molecule has 1 aromatic heterocycles. The van der Waals surface area contributed by atoms with Gasteiger partial charge in [-0.05, 0) is 49.4 Å². The van der Waals surface area contributed by atoms with E-state index in [1.165, 1.54) is 35.6 Å². The van der Waals surface area contributed by atoms with Crippen LogP contribution >= 0.6 is 11.3 Å². The first kappa shape index (κ1) is 22.4. The number of halogens is 1. The highest BCUT2D eigenvalue weighted by atomic mass is 32.1. The maximum absolute atomic E-state index is 13.1. The van der Waals surface area contributed by atoms with Gasteiger partial charge >= 0.3 is 0 Å². The smallest absolute Gasteiger partial charge is 0.266 e. The Balaban J connectivity index is 1.51. The van der Waals surface area contributed by atoms with Crippen molar-refractivity contribution >= 4 is 32.6 Å². The number of aromatic nitrogens is 1. The summed E-state index contributed by atoms with van der Waals surface area (Å²) in [6.45, 7) is 6.64. The van der Waals surface area contributed by atoms with Crippen molar-refractivity contribution in [2.45, 2.75) is 6.92 Å². The molecule has 1 amide bonds. The molecule has 0 unspecified atom stereocenters. The zero-order valence-corrected chi connectivity index (χ0v) is 18.8. The fourth-order valence-corrected chi connectivity index (χ4v) is 4.45. The molecule has 0 spiro atoms. The third-order valence-electron chi connectivity index (χ3n) is 5.11. The number of carbonyl (C=O) groups excluding carboxylic acids is 1. The summed E-state index contributed by atoms with van der Waals surface area (Å²) in [5.74, 6) is 0.669. The summed E-state index contributed by atoms with van der Waals surface area (Å²) in [6, 6.07) is 11.4. The molecule has 32 heavy (non-hydrogen) atoms. The maximum Gasteiger partial charge on any atom is 0.266 e. The summed E-state index contributed by atoms with van der Waals surface area (Å²) in [5, 5.41) is 0.620. The Bertz CT molecular complexity index is 1040. The first-order chi connectivity index (χ1) is 15.6. The van der Waals surface area contributed by atoms with E-state index in [0.29, 0.717) is 43.8 Å². The van der Waals surface area contributed by atoms with Gasteiger partial charge in [-0.1, -0.05) is 11.3 Å². The predicted octanol–water partition coefficient (Wildman–Crippen LogP) is 3.58. The Morgan fingerprint density at radius 1 is 1.16 bits per heavy atom. The van der Waals surface area contributed by atoms with Crippen molar-refractivity contribution in [1.82, 2.24) is 9.88 Å². The number of hydrogen-bond acceptors (Lipinski definition) is 7. The normalized spacial score (nSPS) is 14.4. The summed E-state index contributed by atoms with van der Waals surface area (Å²) in [7, 11) is 0. The lowest BCUT2D eigenvalue weighted by Crippen LogP contribution is -2.44. The van der Waals surface area contributed by atoms with Gasteiger partial charge in [0.05, 0.1) is 30.0 Å². The largest absolute Gasteiger partial charge is 0.494 e. The third kappa shape index (κ3) is 5.73. The Labute approximate surface area is 190 Å². The molecule has 0 bridgehead atoms. The van der Waals surface area contributed by atoms with E-state index in [1.54, 1.807) is 4.90 Å². The molecule has 1 aliphatic rings. The van der Waals surface area contributed by atoms with Crippen LogP contribution in [0.5, 0.6) is 11.5 Å². The molecule has 0 N–H and O–H groups in total. The monoisotopic (exact) mass is 459 g/mol. The van der Waals surface area contributed by atoms with Crippen LogP contribution in [0.2, 0.25) is 0 Å². The number of amides is 1. The standard InChI is InChI=1S/C23H26FN3O4S/c1-2-30-19-7-8-20-21(15-19)32-23(25-20)27(10-9-26-11-13-29-14-12-26)22(28)16-31-18-5-3-17(24)4-6-18/h3-8,15H,2,9-14,16H2,1H3. The fraction of sp³-hybridized carbons (Fsp3) is 0.391. The third-order valence-corrected chi connectivity index (χ3v) is 6.15. The quantitative estimate of drug-likeness (QED) is 0.488. The van der Waals surface area contributed by atoms with E-state index in [2.05, 4.69) is 9.88 Å². The molecular weight excluding hydrogens is 433 g/mol. The van der Waals surface area contributed by atoms with Gasteiger partial charge in [-0.15, -0.1) is 0 Å². The second kappa shape index (κ2) is 10.7. The molecular formula is C23H26FN3O4S. The molecule has 0 saturated carbocycles. The minimum Gasteiger partial charge on any atom is -0.494 e. The van der Waals surface area contributed by atoms with Gasteiger partial charge in [0.15, 0.2) is 11.7 Å². The van der Waals surface area contributed by atoms with Crippen molar-refractivity contribution in [3.63, 3.8) is 0 Å². The van der Waals surface area contributed by atoms with Crippen molar-refractivity contribution in [1.29, 1.82) is 0 Å². The molecule has 1 fully saturated rings. The fourth-order valence-electron chi connectivity index (χ4n) is 3.41. The minimum atomic E-state index is -0.350. The van der Waals surface area contributed by atoms with Crippen LogP contribution in [0, 0.1) is 5.82 Å². The lowest BCUT2D eigenvalue weighted by Gasteiger charge is -2.29. The number of thiazole rings is 1. The number of rotatable bonds is 9.